The highest BCUT2D eigenvalue weighted by molar-refractivity contribution is 6.30. The molecule has 1 aromatic carbocycles. The van der Waals surface area contributed by atoms with Gasteiger partial charge in [-0.2, -0.15) is 22.5 Å². The van der Waals surface area contributed by atoms with Gasteiger partial charge in [0, 0.05) is 5.02 Å². The molecule has 0 amide bonds. The van der Waals surface area contributed by atoms with Crippen molar-refractivity contribution in [2.45, 2.75) is 18.8 Å². The molecule has 0 aromatic heterocycles. The summed E-state index contributed by atoms with van der Waals surface area (Å²) in [7, 11) is 0. The molecule has 0 heterocycles. The van der Waals surface area contributed by atoms with E-state index in [1.165, 1.54) is 0 Å². The van der Waals surface area contributed by atoms with Crippen molar-refractivity contribution in [3.8, 4) is 5.75 Å². The van der Waals surface area contributed by atoms with Crippen LogP contribution in [0.15, 0.2) is 36.0 Å². The standard InChI is InChI=1S/C11H4ClF10NO/c12-5-2-1-3-6(4-5)24-7(9(14,15)16)8(13)23(10(17,18)19)11(20,21)22/h1-4H/b8-7+. The first-order valence-corrected chi connectivity index (χ1v) is 5.86. The van der Waals surface area contributed by atoms with E-state index in [-0.39, 0.29) is 5.02 Å². The summed E-state index contributed by atoms with van der Waals surface area (Å²) in [6, 6.07) is 3.46. The van der Waals surface area contributed by atoms with Gasteiger partial charge in [-0.15, -0.1) is 26.3 Å². The summed E-state index contributed by atoms with van der Waals surface area (Å²) >= 11 is 5.39. The average Bonchev–Trinajstić information content (AvgIpc) is 2.30. The Bertz CT molecular complexity index is 604. The molecule has 0 unspecified atom stereocenters. The number of alkyl halides is 9. The van der Waals surface area contributed by atoms with Gasteiger partial charge in [0.15, 0.2) is 0 Å². The second-order valence-electron chi connectivity index (χ2n) is 3.95. The van der Waals surface area contributed by atoms with Crippen LogP contribution < -0.4 is 4.74 Å². The Morgan fingerprint density at radius 2 is 1.42 bits per heavy atom. The zero-order valence-electron chi connectivity index (χ0n) is 10.8. The molecule has 0 aliphatic rings. The van der Waals surface area contributed by atoms with Crippen molar-refractivity contribution in [3.05, 3.63) is 41.0 Å². The monoisotopic (exact) mass is 391 g/mol. The van der Waals surface area contributed by atoms with Crippen LogP contribution in [0.2, 0.25) is 5.02 Å². The highest BCUT2D eigenvalue weighted by Crippen LogP contribution is 2.42. The van der Waals surface area contributed by atoms with Gasteiger partial charge in [0.25, 0.3) is 11.7 Å². The van der Waals surface area contributed by atoms with Crippen molar-refractivity contribution in [1.29, 1.82) is 0 Å². The van der Waals surface area contributed by atoms with Gasteiger partial charge in [-0.1, -0.05) is 17.7 Å². The normalized spacial score (nSPS) is 14.3. The predicted octanol–water partition coefficient (Wildman–Crippen LogP) is 5.76. The lowest BCUT2D eigenvalue weighted by molar-refractivity contribution is -0.366. The molecule has 0 aliphatic heterocycles. The number of halogens is 11. The molecule has 1 aromatic rings. The number of hydrogen-bond acceptors (Lipinski definition) is 2. The Morgan fingerprint density at radius 1 is 0.917 bits per heavy atom. The molecule has 0 saturated heterocycles. The van der Waals surface area contributed by atoms with Gasteiger partial charge in [0.1, 0.15) is 5.75 Å². The maximum absolute atomic E-state index is 13.5. The Kier molecular flexibility index (Phi) is 5.53. The Balaban J connectivity index is 3.48. The highest BCUT2D eigenvalue weighted by Gasteiger charge is 2.59. The molecule has 0 atom stereocenters. The van der Waals surface area contributed by atoms with Crippen LogP contribution in [0.4, 0.5) is 43.9 Å². The second-order valence-corrected chi connectivity index (χ2v) is 4.38. The molecule has 1 rings (SSSR count). The largest absolute Gasteiger partial charge is 0.493 e. The predicted molar refractivity (Wildman–Crippen MR) is 60.2 cm³/mol. The third-order valence-corrected chi connectivity index (χ3v) is 2.40. The zero-order valence-corrected chi connectivity index (χ0v) is 11.6. The minimum atomic E-state index is -6.52. The van der Waals surface area contributed by atoms with Crippen LogP contribution in [0, 0.1) is 0 Å². The van der Waals surface area contributed by atoms with Gasteiger partial charge in [0.05, 0.1) is 0 Å². The van der Waals surface area contributed by atoms with Gasteiger partial charge in [-0.25, -0.2) is 0 Å². The molecule has 136 valence electrons. The van der Waals surface area contributed by atoms with Gasteiger partial charge >= 0.3 is 18.8 Å². The van der Waals surface area contributed by atoms with E-state index in [0.29, 0.717) is 6.07 Å². The third kappa shape index (κ3) is 5.08. The van der Waals surface area contributed by atoms with Gasteiger partial charge in [0.2, 0.25) is 0 Å². The Hall–Kier alpha value is -1.85. The van der Waals surface area contributed by atoms with E-state index in [9.17, 15) is 43.9 Å². The number of allylic oxidation sites excluding steroid dienone is 1. The van der Waals surface area contributed by atoms with Gasteiger partial charge < -0.3 is 4.74 Å². The maximum Gasteiger partial charge on any atom is 0.493 e. The van der Waals surface area contributed by atoms with Crippen molar-refractivity contribution in [1.82, 2.24) is 4.90 Å². The van der Waals surface area contributed by atoms with Crippen LogP contribution in [0.25, 0.3) is 0 Å². The molecule has 0 fully saturated rings. The fourth-order valence-corrected chi connectivity index (χ4v) is 1.51. The molecule has 24 heavy (non-hydrogen) atoms. The van der Waals surface area contributed by atoms with E-state index in [0.717, 1.165) is 18.2 Å². The fraction of sp³-hybridized carbons (Fsp3) is 0.273. The van der Waals surface area contributed by atoms with Crippen LogP contribution in [0.3, 0.4) is 0 Å². The summed E-state index contributed by atoms with van der Waals surface area (Å²) in [5, 5.41) is -0.252. The first-order valence-electron chi connectivity index (χ1n) is 5.48. The van der Waals surface area contributed by atoms with E-state index in [4.69, 9.17) is 11.6 Å². The lowest BCUT2D eigenvalue weighted by Crippen LogP contribution is -2.47. The average molecular weight is 392 g/mol. The van der Waals surface area contributed by atoms with Crippen molar-refractivity contribution >= 4 is 11.6 Å². The molecule has 0 aliphatic carbocycles. The minimum Gasteiger partial charge on any atom is -0.448 e. The molecule has 0 radical (unpaired) electrons. The Labute approximate surface area is 131 Å². The van der Waals surface area contributed by atoms with Crippen LogP contribution >= 0.6 is 11.6 Å². The van der Waals surface area contributed by atoms with E-state index in [1.807, 2.05) is 0 Å². The van der Waals surface area contributed by atoms with Gasteiger partial charge in [-0.05, 0) is 18.2 Å². The molecule has 0 bridgehead atoms. The molecule has 13 heteroatoms. The highest BCUT2D eigenvalue weighted by atomic mass is 35.5. The van der Waals surface area contributed by atoms with Crippen molar-refractivity contribution < 1.29 is 48.6 Å². The second kappa shape index (κ2) is 6.57. The summed E-state index contributed by atoms with van der Waals surface area (Å²) in [6.45, 7) is 0. The summed E-state index contributed by atoms with van der Waals surface area (Å²) in [5.74, 6) is -7.78. The molecule has 0 saturated carbocycles. The molecule has 2 nitrogen and oxygen atoms in total. The Morgan fingerprint density at radius 3 is 1.79 bits per heavy atom. The smallest absolute Gasteiger partial charge is 0.448 e. The molecular weight excluding hydrogens is 388 g/mol. The summed E-state index contributed by atoms with van der Waals surface area (Å²) in [4.78, 5) is -2.95. The first-order chi connectivity index (χ1) is 10.6. The van der Waals surface area contributed by atoms with Crippen molar-refractivity contribution in [2.75, 3.05) is 0 Å². The summed E-state index contributed by atoms with van der Waals surface area (Å²) < 4.78 is 129. The first kappa shape index (κ1) is 20.2. The van der Waals surface area contributed by atoms with Gasteiger partial charge in [-0.3, -0.25) is 0 Å². The third-order valence-electron chi connectivity index (χ3n) is 2.16. The number of benzene rings is 1. The fourth-order valence-electron chi connectivity index (χ4n) is 1.33. The van der Waals surface area contributed by atoms with Crippen LogP contribution in [0.5, 0.6) is 5.75 Å². The quantitative estimate of drug-likeness (QED) is 0.369. The van der Waals surface area contributed by atoms with Crippen molar-refractivity contribution in [2.24, 2.45) is 0 Å². The van der Waals surface area contributed by atoms with E-state index in [1.54, 1.807) is 0 Å². The number of nitrogens with zero attached hydrogens (tertiary/aromatic N) is 1. The van der Waals surface area contributed by atoms with Crippen LogP contribution in [-0.4, -0.2) is 23.7 Å². The summed E-state index contributed by atoms with van der Waals surface area (Å²) in [6.07, 6.45) is -19.0. The minimum absolute atomic E-state index is 0.252. The zero-order chi connectivity index (χ0) is 18.9. The van der Waals surface area contributed by atoms with Crippen molar-refractivity contribution in [3.63, 3.8) is 0 Å². The van der Waals surface area contributed by atoms with E-state index < -0.39 is 41.1 Å². The number of rotatable bonds is 3. The SMILES string of the molecule is F/C(=C(\Oc1cccc(Cl)c1)C(F)(F)F)N(C(F)(F)F)C(F)(F)F. The molecular formula is C11H4ClF10NO. The lowest BCUT2D eigenvalue weighted by atomic mass is 10.3. The number of ether oxygens (including phenoxy) is 1. The maximum atomic E-state index is 13.5. The van der Waals surface area contributed by atoms with Crippen LogP contribution in [-0.2, 0) is 0 Å². The van der Waals surface area contributed by atoms with Crippen LogP contribution in [0.1, 0.15) is 0 Å². The number of hydrogen-bond donors (Lipinski definition) is 0. The topological polar surface area (TPSA) is 12.5 Å². The van der Waals surface area contributed by atoms with E-state index in [2.05, 4.69) is 4.74 Å². The summed E-state index contributed by atoms with van der Waals surface area (Å²) in [5.41, 5.74) is 0. The lowest BCUT2D eigenvalue weighted by Gasteiger charge is -2.28. The molecule has 0 spiro atoms. The van der Waals surface area contributed by atoms with E-state index >= 15 is 0 Å². The molecule has 0 N–H and O–H groups in total.